The molecular weight excluding hydrogens is 522 g/mol. The maximum Gasteiger partial charge on any atom is 0.279 e. The quantitative estimate of drug-likeness (QED) is 0.212. The molecule has 0 atom stereocenters. The average Bonchev–Trinajstić information content (AvgIpc) is 3.41. The number of benzene rings is 2. The van der Waals surface area contributed by atoms with Gasteiger partial charge in [-0.3, -0.25) is 9.78 Å². The number of amides is 1. The Hall–Kier alpha value is -5.12. The largest absolute Gasteiger partial charge is 0.493 e. The number of hydrogen-bond donors (Lipinski definition) is 1. The van der Waals surface area contributed by atoms with Gasteiger partial charge < -0.3 is 24.3 Å². The number of carbonyl (C=O) groups is 1. The number of methoxy groups -OCH3 is 2. The Morgan fingerprint density at radius 2 is 1.66 bits per heavy atom. The molecule has 1 N–H and O–H groups in total. The van der Waals surface area contributed by atoms with Crippen LogP contribution in [0.1, 0.15) is 42.7 Å². The maximum absolute atomic E-state index is 13.4. The van der Waals surface area contributed by atoms with E-state index < -0.39 is 5.91 Å². The summed E-state index contributed by atoms with van der Waals surface area (Å²) in [6, 6.07) is 16.7. The summed E-state index contributed by atoms with van der Waals surface area (Å²) in [6.45, 7) is 6.51. The van der Waals surface area contributed by atoms with Crippen LogP contribution < -0.4 is 24.3 Å². The van der Waals surface area contributed by atoms with E-state index in [2.05, 4.69) is 34.2 Å². The number of aromatic nitrogens is 4. The van der Waals surface area contributed by atoms with Crippen LogP contribution in [0.15, 0.2) is 73.2 Å². The highest BCUT2D eigenvalue weighted by molar-refractivity contribution is 6.04. The van der Waals surface area contributed by atoms with Crippen LogP contribution in [0.5, 0.6) is 28.7 Å². The van der Waals surface area contributed by atoms with E-state index in [-0.39, 0.29) is 5.69 Å². The molecule has 2 aromatic carbocycles. The van der Waals surface area contributed by atoms with Gasteiger partial charge in [-0.05, 0) is 54.8 Å². The second-order valence-corrected chi connectivity index (χ2v) is 9.42. The van der Waals surface area contributed by atoms with Crippen LogP contribution in [0.3, 0.4) is 0 Å². The number of fused-ring (bicyclic) bond motifs is 1. The van der Waals surface area contributed by atoms with Crippen LogP contribution in [0.2, 0.25) is 0 Å². The number of anilines is 1. The molecule has 0 spiro atoms. The van der Waals surface area contributed by atoms with Crippen molar-refractivity contribution in [2.24, 2.45) is 0 Å². The number of nitrogens with one attached hydrogen (secondary N) is 1. The lowest BCUT2D eigenvalue weighted by Crippen LogP contribution is -2.18. The molecule has 210 valence electrons. The Balaban J connectivity index is 1.37. The average molecular weight is 554 g/mol. The van der Waals surface area contributed by atoms with Crippen molar-refractivity contribution < 1.29 is 23.7 Å². The van der Waals surface area contributed by atoms with Crippen molar-refractivity contribution in [3.63, 3.8) is 0 Å². The first kappa shape index (κ1) is 27.4. The van der Waals surface area contributed by atoms with Gasteiger partial charge in [0, 0.05) is 17.6 Å². The van der Waals surface area contributed by atoms with E-state index in [1.165, 1.54) is 11.8 Å². The summed E-state index contributed by atoms with van der Waals surface area (Å²) in [5, 5.41) is 8.01. The Labute approximate surface area is 237 Å². The Morgan fingerprint density at radius 1 is 0.902 bits per heavy atom. The highest BCUT2D eigenvalue weighted by Gasteiger charge is 2.22. The fraction of sp³-hybridized carbons (Fsp3) is 0.226. The molecule has 41 heavy (non-hydrogen) atoms. The molecule has 0 radical (unpaired) electrons. The zero-order chi connectivity index (χ0) is 28.9. The molecule has 0 fully saturated rings. The van der Waals surface area contributed by atoms with Crippen LogP contribution in [-0.4, -0.2) is 46.5 Å². The second-order valence-electron chi connectivity index (χ2n) is 9.42. The minimum atomic E-state index is -0.402. The van der Waals surface area contributed by atoms with Crippen molar-refractivity contribution in [3.8, 4) is 34.4 Å². The fourth-order valence-electron chi connectivity index (χ4n) is 4.35. The van der Waals surface area contributed by atoms with Crippen LogP contribution >= 0.6 is 0 Å². The van der Waals surface area contributed by atoms with E-state index in [1.54, 1.807) is 55.6 Å². The Bertz CT molecular complexity index is 1660. The zero-order valence-electron chi connectivity index (χ0n) is 23.5. The maximum atomic E-state index is 13.4. The van der Waals surface area contributed by atoms with Gasteiger partial charge in [-0.1, -0.05) is 26.0 Å². The van der Waals surface area contributed by atoms with Gasteiger partial charge in [0.05, 0.1) is 44.4 Å². The van der Waals surface area contributed by atoms with E-state index in [1.807, 2.05) is 37.3 Å². The number of nitrogens with zero attached hydrogens (tertiary/aromatic N) is 4. The summed E-state index contributed by atoms with van der Waals surface area (Å²) in [4.78, 5) is 22.2. The highest BCUT2D eigenvalue weighted by Crippen LogP contribution is 2.37. The van der Waals surface area contributed by atoms with Crippen molar-refractivity contribution >= 4 is 22.6 Å². The third kappa shape index (κ3) is 5.76. The molecular formula is C31H31N5O5. The van der Waals surface area contributed by atoms with Crippen molar-refractivity contribution in [1.82, 2.24) is 19.7 Å². The van der Waals surface area contributed by atoms with Gasteiger partial charge in [-0.25, -0.2) is 9.67 Å². The summed E-state index contributed by atoms with van der Waals surface area (Å²) in [5.74, 6) is 2.92. The Kier molecular flexibility index (Phi) is 8.00. The van der Waals surface area contributed by atoms with Crippen molar-refractivity contribution in [2.45, 2.75) is 26.7 Å². The van der Waals surface area contributed by atoms with Crippen molar-refractivity contribution in [1.29, 1.82) is 0 Å². The molecule has 3 aromatic heterocycles. The molecule has 10 heteroatoms. The highest BCUT2D eigenvalue weighted by atomic mass is 16.5. The molecule has 10 nitrogen and oxygen atoms in total. The molecule has 0 aliphatic heterocycles. The standard InChI is InChI=1S/C31H31N5O5/c1-6-40-28-18-34-36(21-9-7-20(8-10-21)19(2)3)30(28)31(37)35-29-12-11-22(17-33-29)41-25-13-14-32-24-16-27(39-5)26(38-4)15-23(24)25/h7-19H,6H2,1-5H3,(H,33,35,37). The van der Waals surface area contributed by atoms with Gasteiger partial charge in [-0.2, -0.15) is 5.10 Å². The minimum Gasteiger partial charge on any atom is -0.493 e. The third-order valence-corrected chi connectivity index (χ3v) is 6.47. The van der Waals surface area contributed by atoms with Crippen LogP contribution in [0.25, 0.3) is 16.6 Å². The van der Waals surface area contributed by atoms with Gasteiger partial charge in [0.25, 0.3) is 5.91 Å². The lowest BCUT2D eigenvalue weighted by molar-refractivity contribution is 0.101. The molecule has 3 heterocycles. The monoisotopic (exact) mass is 553 g/mol. The first-order valence-corrected chi connectivity index (χ1v) is 13.2. The van der Waals surface area contributed by atoms with E-state index in [0.29, 0.717) is 52.6 Å². The molecule has 0 bridgehead atoms. The van der Waals surface area contributed by atoms with Crippen LogP contribution in [0, 0.1) is 0 Å². The Morgan fingerprint density at radius 3 is 2.32 bits per heavy atom. The second kappa shape index (κ2) is 12.0. The smallest absolute Gasteiger partial charge is 0.279 e. The SMILES string of the molecule is CCOc1cnn(-c2ccc(C(C)C)cc2)c1C(=O)Nc1ccc(Oc2ccnc3cc(OC)c(OC)cc23)cn1. The van der Waals surface area contributed by atoms with Gasteiger partial charge in [0.1, 0.15) is 17.3 Å². The van der Waals surface area contributed by atoms with Crippen LogP contribution in [0.4, 0.5) is 5.82 Å². The van der Waals surface area contributed by atoms with Crippen LogP contribution in [-0.2, 0) is 0 Å². The topological polar surface area (TPSA) is 110 Å². The molecule has 0 saturated heterocycles. The number of carbonyl (C=O) groups excluding carboxylic acids is 1. The normalized spacial score (nSPS) is 11.0. The number of pyridine rings is 2. The lowest BCUT2D eigenvalue weighted by Gasteiger charge is -2.13. The molecule has 0 aliphatic rings. The first-order valence-electron chi connectivity index (χ1n) is 13.2. The molecule has 0 aliphatic carbocycles. The number of hydrogen-bond acceptors (Lipinski definition) is 8. The molecule has 5 aromatic rings. The lowest BCUT2D eigenvalue weighted by atomic mass is 10.0. The fourth-order valence-corrected chi connectivity index (χ4v) is 4.35. The third-order valence-electron chi connectivity index (χ3n) is 6.47. The zero-order valence-corrected chi connectivity index (χ0v) is 23.5. The van der Waals surface area contributed by atoms with Gasteiger partial charge in [0.2, 0.25) is 0 Å². The van der Waals surface area contributed by atoms with E-state index in [0.717, 1.165) is 11.1 Å². The van der Waals surface area contributed by atoms with E-state index >= 15 is 0 Å². The molecule has 0 unspecified atom stereocenters. The van der Waals surface area contributed by atoms with Gasteiger partial charge in [0.15, 0.2) is 22.9 Å². The molecule has 1 amide bonds. The predicted molar refractivity (Wildman–Crippen MR) is 156 cm³/mol. The summed E-state index contributed by atoms with van der Waals surface area (Å²) in [7, 11) is 3.15. The summed E-state index contributed by atoms with van der Waals surface area (Å²) >= 11 is 0. The number of ether oxygens (including phenoxy) is 4. The molecule has 5 rings (SSSR count). The van der Waals surface area contributed by atoms with E-state index in [4.69, 9.17) is 18.9 Å². The first-order chi connectivity index (χ1) is 19.9. The van der Waals surface area contributed by atoms with Crippen molar-refractivity contribution in [2.75, 3.05) is 26.1 Å². The summed E-state index contributed by atoms with van der Waals surface area (Å²) < 4.78 is 24.2. The van der Waals surface area contributed by atoms with Gasteiger partial charge >= 0.3 is 0 Å². The summed E-state index contributed by atoms with van der Waals surface area (Å²) in [6.07, 6.45) is 4.73. The minimum absolute atomic E-state index is 0.277. The number of rotatable bonds is 10. The van der Waals surface area contributed by atoms with E-state index in [9.17, 15) is 4.79 Å². The van der Waals surface area contributed by atoms with Crippen molar-refractivity contribution in [3.05, 3.63) is 84.4 Å². The molecule has 0 saturated carbocycles. The van der Waals surface area contributed by atoms with Gasteiger partial charge in [-0.15, -0.1) is 0 Å². The summed E-state index contributed by atoms with van der Waals surface area (Å²) in [5.41, 5.74) is 2.92. The predicted octanol–water partition coefficient (Wildman–Crippen LogP) is 6.40.